The number of carbonyl (C=O) groups is 1. The normalized spacial score (nSPS) is 10.4. The first-order valence-corrected chi connectivity index (χ1v) is 7.97. The van der Waals surface area contributed by atoms with E-state index < -0.39 is 15.8 Å². The first kappa shape index (κ1) is 19.5. The van der Waals surface area contributed by atoms with Crippen LogP contribution in [0.1, 0.15) is 18.1 Å². The van der Waals surface area contributed by atoms with E-state index in [1.54, 1.807) is 25.1 Å². The zero-order valence-corrected chi connectivity index (χ0v) is 14.4. The van der Waals surface area contributed by atoms with Crippen LogP contribution in [0.2, 0.25) is 0 Å². The zero-order valence-electron chi connectivity index (χ0n) is 14.4. The number of rotatable bonds is 7. The minimum absolute atomic E-state index is 0.113. The smallest absolute Gasteiger partial charge is 0.330 e. The third kappa shape index (κ3) is 5.33. The van der Waals surface area contributed by atoms with Gasteiger partial charge in [0.25, 0.3) is 11.4 Å². The van der Waals surface area contributed by atoms with Crippen molar-refractivity contribution in [2.75, 3.05) is 6.61 Å². The fourth-order valence-electron chi connectivity index (χ4n) is 2.35. The van der Waals surface area contributed by atoms with Gasteiger partial charge >= 0.3 is 5.97 Å². The van der Waals surface area contributed by atoms with E-state index >= 15 is 0 Å². The lowest BCUT2D eigenvalue weighted by molar-refractivity contribution is -0.385. The molecule has 0 aliphatic heterocycles. The number of nitro groups is 2. The van der Waals surface area contributed by atoms with Crippen LogP contribution in [0.25, 0.3) is 5.57 Å². The summed E-state index contributed by atoms with van der Waals surface area (Å²) in [5, 5.41) is 22.1. The van der Waals surface area contributed by atoms with Crippen LogP contribution in [0.5, 0.6) is 0 Å². The maximum atomic E-state index is 11.5. The first-order chi connectivity index (χ1) is 12.9. The maximum Gasteiger partial charge on any atom is 0.330 e. The van der Waals surface area contributed by atoms with Gasteiger partial charge in [0.2, 0.25) is 0 Å². The number of carbonyl (C=O) groups excluding carboxylic acids is 1. The maximum absolute atomic E-state index is 11.5. The summed E-state index contributed by atoms with van der Waals surface area (Å²) in [7, 11) is 0. The van der Waals surface area contributed by atoms with Crippen LogP contribution < -0.4 is 0 Å². The second-order valence-electron chi connectivity index (χ2n) is 5.31. The van der Waals surface area contributed by atoms with E-state index in [-0.39, 0.29) is 18.0 Å². The van der Waals surface area contributed by atoms with Crippen molar-refractivity contribution in [2.45, 2.75) is 6.92 Å². The van der Waals surface area contributed by atoms with Crippen LogP contribution in [0, 0.1) is 20.2 Å². The van der Waals surface area contributed by atoms with Crippen LogP contribution in [-0.4, -0.2) is 22.4 Å². The molecule has 0 spiro atoms. The molecule has 0 saturated carbocycles. The van der Waals surface area contributed by atoms with Crippen molar-refractivity contribution in [1.29, 1.82) is 0 Å². The second kappa shape index (κ2) is 9.04. The number of ether oxygens (including phenoxy) is 1. The van der Waals surface area contributed by atoms with Gasteiger partial charge in [0, 0.05) is 30.3 Å². The van der Waals surface area contributed by atoms with E-state index in [9.17, 15) is 25.0 Å². The Labute approximate surface area is 154 Å². The number of hydrogen-bond donors (Lipinski definition) is 0. The number of nitro benzene ring substituents is 2. The minimum Gasteiger partial charge on any atom is -0.463 e. The number of nitrogens with zero attached hydrogens (tertiary/aromatic N) is 2. The van der Waals surface area contributed by atoms with Gasteiger partial charge in [-0.25, -0.2) is 4.79 Å². The molecule has 0 unspecified atom stereocenters. The van der Waals surface area contributed by atoms with Crippen molar-refractivity contribution in [2.24, 2.45) is 0 Å². The number of esters is 1. The molecule has 0 amide bonds. The van der Waals surface area contributed by atoms with Crippen LogP contribution in [0.3, 0.4) is 0 Å². The zero-order chi connectivity index (χ0) is 19.8. The summed E-state index contributed by atoms with van der Waals surface area (Å²) in [5.41, 5.74) is 1.23. The Morgan fingerprint density at radius 3 is 1.96 bits per heavy atom. The lowest BCUT2D eigenvalue weighted by atomic mass is 9.96. The van der Waals surface area contributed by atoms with Gasteiger partial charge in [-0.15, -0.1) is 0 Å². The molecule has 0 fully saturated rings. The van der Waals surface area contributed by atoms with Crippen LogP contribution >= 0.6 is 0 Å². The molecule has 0 bridgehead atoms. The largest absolute Gasteiger partial charge is 0.463 e. The summed E-state index contributed by atoms with van der Waals surface area (Å²) >= 11 is 0. The predicted molar refractivity (Wildman–Crippen MR) is 99.0 cm³/mol. The molecule has 2 aromatic rings. The number of non-ortho nitro benzene ring substituents is 2. The minimum atomic E-state index is -0.536. The molecule has 0 aliphatic rings. The molecule has 2 rings (SSSR count). The molecular formula is C19H16N2O6. The number of allylic oxidation sites excluding steroid dienone is 2. The van der Waals surface area contributed by atoms with Gasteiger partial charge in [-0.05, 0) is 23.6 Å². The van der Waals surface area contributed by atoms with E-state index in [0.29, 0.717) is 16.7 Å². The summed E-state index contributed by atoms with van der Waals surface area (Å²) in [6.07, 6.45) is 4.19. The fraction of sp³-hybridized carbons (Fsp3) is 0.105. The Morgan fingerprint density at radius 2 is 1.52 bits per heavy atom. The van der Waals surface area contributed by atoms with E-state index in [1.807, 2.05) is 0 Å². The molecule has 0 N–H and O–H groups in total. The Hall–Kier alpha value is -3.81. The van der Waals surface area contributed by atoms with Gasteiger partial charge in [0.15, 0.2) is 0 Å². The van der Waals surface area contributed by atoms with Crippen molar-refractivity contribution in [3.8, 4) is 0 Å². The Kier molecular flexibility index (Phi) is 6.54. The van der Waals surface area contributed by atoms with E-state index in [0.717, 1.165) is 0 Å². The van der Waals surface area contributed by atoms with Gasteiger partial charge < -0.3 is 4.74 Å². The van der Waals surface area contributed by atoms with Crippen molar-refractivity contribution >= 4 is 22.9 Å². The molecular weight excluding hydrogens is 352 g/mol. The second-order valence-corrected chi connectivity index (χ2v) is 5.31. The average molecular weight is 368 g/mol. The SMILES string of the molecule is CCOC(=O)/C=C/C=C(c1cccc([N+](=O)[O-])c1)c1cccc([N+](=O)[O-])c1. The molecule has 27 heavy (non-hydrogen) atoms. The Balaban J connectivity index is 2.53. The topological polar surface area (TPSA) is 113 Å². The highest BCUT2D eigenvalue weighted by Crippen LogP contribution is 2.28. The average Bonchev–Trinajstić information content (AvgIpc) is 2.65. The first-order valence-electron chi connectivity index (χ1n) is 7.97. The predicted octanol–water partition coefficient (Wildman–Crippen LogP) is 4.05. The standard InChI is InChI=1S/C19H16N2O6/c1-2-27-19(22)11-5-10-18(14-6-3-8-16(12-14)20(23)24)15-7-4-9-17(13-15)21(25)26/h3-13H,2H2,1H3/b11-5+. The van der Waals surface area contributed by atoms with Gasteiger partial charge in [-0.1, -0.05) is 36.4 Å². The summed E-state index contributed by atoms with van der Waals surface area (Å²) in [4.78, 5) is 32.5. The summed E-state index contributed by atoms with van der Waals surface area (Å²) in [6, 6.07) is 11.8. The van der Waals surface area contributed by atoms with Crippen LogP contribution in [0.15, 0.2) is 66.8 Å². The van der Waals surface area contributed by atoms with Crippen LogP contribution in [0.4, 0.5) is 11.4 Å². The third-order valence-electron chi connectivity index (χ3n) is 3.52. The highest BCUT2D eigenvalue weighted by molar-refractivity contribution is 5.85. The quantitative estimate of drug-likeness (QED) is 0.239. The van der Waals surface area contributed by atoms with Crippen molar-refractivity contribution in [3.63, 3.8) is 0 Å². The van der Waals surface area contributed by atoms with Crippen molar-refractivity contribution < 1.29 is 19.4 Å². The molecule has 8 heteroatoms. The lowest BCUT2D eigenvalue weighted by Gasteiger charge is -2.08. The van der Waals surface area contributed by atoms with E-state index in [4.69, 9.17) is 4.74 Å². The summed E-state index contributed by atoms with van der Waals surface area (Å²) < 4.78 is 4.80. The van der Waals surface area contributed by atoms with E-state index in [1.165, 1.54) is 48.6 Å². The molecule has 0 radical (unpaired) electrons. The van der Waals surface area contributed by atoms with Gasteiger partial charge in [-0.3, -0.25) is 20.2 Å². The highest BCUT2D eigenvalue weighted by Gasteiger charge is 2.13. The molecule has 0 aliphatic carbocycles. The molecule has 0 atom stereocenters. The van der Waals surface area contributed by atoms with Crippen molar-refractivity contribution in [1.82, 2.24) is 0 Å². The van der Waals surface area contributed by atoms with Crippen LogP contribution in [-0.2, 0) is 9.53 Å². The molecule has 0 saturated heterocycles. The fourth-order valence-corrected chi connectivity index (χ4v) is 2.35. The Morgan fingerprint density at radius 1 is 1.00 bits per heavy atom. The number of benzene rings is 2. The van der Waals surface area contributed by atoms with Gasteiger partial charge in [0.05, 0.1) is 16.5 Å². The third-order valence-corrected chi connectivity index (χ3v) is 3.52. The van der Waals surface area contributed by atoms with Crippen molar-refractivity contribution in [3.05, 3.63) is 98.1 Å². The molecule has 8 nitrogen and oxygen atoms in total. The lowest BCUT2D eigenvalue weighted by Crippen LogP contribution is -1.98. The molecule has 138 valence electrons. The molecule has 0 aromatic heterocycles. The van der Waals surface area contributed by atoms with Gasteiger partial charge in [-0.2, -0.15) is 0 Å². The molecule has 0 heterocycles. The van der Waals surface area contributed by atoms with E-state index in [2.05, 4.69) is 0 Å². The van der Waals surface area contributed by atoms with Gasteiger partial charge in [0.1, 0.15) is 0 Å². The summed E-state index contributed by atoms with van der Waals surface area (Å²) in [6.45, 7) is 1.91. The number of hydrogen-bond acceptors (Lipinski definition) is 6. The monoisotopic (exact) mass is 368 g/mol. The highest BCUT2D eigenvalue weighted by atomic mass is 16.6. The molecule has 2 aromatic carbocycles. The summed E-state index contributed by atoms with van der Waals surface area (Å²) in [5.74, 6) is -0.536. The Bertz CT molecular complexity index is 874.